The van der Waals surface area contributed by atoms with Crippen molar-refractivity contribution in [2.75, 3.05) is 19.0 Å². The van der Waals surface area contributed by atoms with Crippen LogP contribution in [-0.2, 0) is 0 Å². The average Bonchev–Trinajstić information content (AvgIpc) is 2.35. The highest BCUT2D eigenvalue weighted by molar-refractivity contribution is 6.17. The van der Waals surface area contributed by atoms with Crippen LogP contribution >= 0.6 is 11.6 Å². The van der Waals surface area contributed by atoms with Crippen LogP contribution < -0.4 is 5.32 Å². The second kappa shape index (κ2) is 16.2. The van der Waals surface area contributed by atoms with Crippen molar-refractivity contribution in [3.05, 3.63) is 0 Å². The Labute approximate surface area is 114 Å². The molecule has 17 heavy (non-hydrogen) atoms. The SMILES string of the molecule is CCCCCCCCCCNCCCCCCl. The molecular weight excluding hydrogens is 230 g/mol. The monoisotopic (exact) mass is 261 g/mol. The number of alkyl halides is 1. The third-order valence-electron chi connectivity index (χ3n) is 3.19. The van der Waals surface area contributed by atoms with Gasteiger partial charge in [-0.3, -0.25) is 0 Å². The summed E-state index contributed by atoms with van der Waals surface area (Å²) in [5.41, 5.74) is 0. The first-order valence-corrected chi connectivity index (χ1v) is 8.22. The van der Waals surface area contributed by atoms with Gasteiger partial charge in [0.2, 0.25) is 0 Å². The number of hydrogen-bond donors (Lipinski definition) is 1. The largest absolute Gasteiger partial charge is 0.317 e. The molecule has 0 aliphatic heterocycles. The molecule has 2 heteroatoms. The molecular formula is C15H32ClN. The van der Waals surface area contributed by atoms with Gasteiger partial charge in [0.05, 0.1) is 0 Å². The Morgan fingerprint density at radius 3 is 1.65 bits per heavy atom. The Morgan fingerprint density at radius 2 is 1.12 bits per heavy atom. The minimum atomic E-state index is 0.817. The maximum absolute atomic E-state index is 5.62. The minimum absolute atomic E-state index is 0.817. The van der Waals surface area contributed by atoms with Crippen LogP contribution in [0.3, 0.4) is 0 Å². The summed E-state index contributed by atoms with van der Waals surface area (Å²) in [6, 6.07) is 0. The summed E-state index contributed by atoms with van der Waals surface area (Å²) in [5, 5.41) is 3.51. The summed E-state index contributed by atoms with van der Waals surface area (Å²) < 4.78 is 0. The van der Waals surface area contributed by atoms with Crippen molar-refractivity contribution < 1.29 is 0 Å². The Hall–Kier alpha value is 0.250. The van der Waals surface area contributed by atoms with Crippen LogP contribution in [0.15, 0.2) is 0 Å². The molecule has 0 heterocycles. The Bertz CT molecular complexity index is 114. The quantitative estimate of drug-likeness (QED) is 0.338. The Kier molecular flexibility index (Phi) is 16.5. The van der Waals surface area contributed by atoms with Gasteiger partial charge >= 0.3 is 0 Å². The summed E-state index contributed by atoms with van der Waals surface area (Å²) in [4.78, 5) is 0. The van der Waals surface area contributed by atoms with Crippen LogP contribution in [0, 0.1) is 0 Å². The first kappa shape index (κ1) is 17.2. The summed E-state index contributed by atoms with van der Waals surface area (Å²) >= 11 is 5.62. The predicted octanol–water partition coefficient (Wildman–Crippen LogP) is 5.13. The van der Waals surface area contributed by atoms with Gasteiger partial charge in [-0.15, -0.1) is 11.6 Å². The molecule has 0 atom stereocenters. The van der Waals surface area contributed by atoms with E-state index in [0.717, 1.165) is 5.88 Å². The van der Waals surface area contributed by atoms with E-state index in [1.807, 2.05) is 0 Å². The van der Waals surface area contributed by atoms with Gasteiger partial charge in [0.1, 0.15) is 0 Å². The van der Waals surface area contributed by atoms with Crippen LogP contribution in [0.4, 0.5) is 0 Å². The summed E-state index contributed by atoms with van der Waals surface area (Å²) in [7, 11) is 0. The lowest BCUT2D eigenvalue weighted by Crippen LogP contribution is -2.16. The standard InChI is InChI=1S/C15H32ClN/c1-2-3-4-5-6-7-8-11-14-17-15-12-9-10-13-16/h17H,2-15H2,1H3. The molecule has 0 spiro atoms. The second-order valence-corrected chi connectivity index (χ2v) is 5.35. The highest BCUT2D eigenvalue weighted by Crippen LogP contribution is 2.07. The molecule has 0 radical (unpaired) electrons. The van der Waals surface area contributed by atoms with E-state index in [1.54, 1.807) is 0 Å². The van der Waals surface area contributed by atoms with E-state index in [-0.39, 0.29) is 0 Å². The molecule has 0 aliphatic carbocycles. The zero-order valence-electron chi connectivity index (χ0n) is 11.8. The predicted molar refractivity (Wildman–Crippen MR) is 80.1 cm³/mol. The summed E-state index contributed by atoms with van der Waals surface area (Å²) in [6.45, 7) is 4.65. The van der Waals surface area contributed by atoms with Crippen molar-refractivity contribution in [3.8, 4) is 0 Å². The summed E-state index contributed by atoms with van der Waals surface area (Å²) in [5.74, 6) is 0.817. The van der Waals surface area contributed by atoms with Crippen molar-refractivity contribution >= 4 is 11.6 Å². The van der Waals surface area contributed by atoms with E-state index in [0.29, 0.717) is 0 Å². The van der Waals surface area contributed by atoms with Crippen LogP contribution in [0.25, 0.3) is 0 Å². The van der Waals surface area contributed by atoms with Crippen LogP contribution in [0.1, 0.15) is 77.6 Å². The zero-order chi connectivity index (χ0) is 12.6. The Balaban J connectivity index is 2.85. The van der Waals surface area contributed by atoms with Crippen molar-refractivity contribution in [1.82, 2.24) is 5.32 Å². The normalized spacial score (nSPS) is 10.9. The van der Waals surface area contributed by atoms with Gasteiger partial charge < -0.3 is 5.32 Å². The lowest BCUT2D eigenvalue weighted by Gasteiger charge is -2.04. The zero-order valence-corrected chi connectivity index (χ0v) is 12.5. The van der Waals surface area contributed by atoms with Crippen molar-refractivity contribution in [2.24, 2.45) is 0 Å². The molecule has 0 fully saturated rings. The number of unbranched alkanes of at least 4 members (excludes halogenated alkanes) is 9. The fourth-order valence-corrected chi connectivity index (χ4v) is 2.22. The topological polar surface area (TPSA) is 12.0 Å². The minimum Gasteiger partial charge on any atom is -0.317 e. The molecule has 0 saturated carbocycles. The molecule has 1 N–H and O–H groups in total. The van der Waals surface area contributed by atoms with E-state index < -0.39 is 0 Å². The molecule has 0 aromatic heterocycles. The van der Waals surface area contributed by atoms with Gasteiger partial charge in [0.25, 0.3) is 0 Å². The molecule has 0 aromatic carbocycles. The van der Waals surface area contributed by atoms with Gasteiger partial charge in [0, 0.05) is 5.88 Å². The molecule has 0 unspecified atom stereocenters. The van der Waals surface area contributed by atoms with E-state index in [1.165, 1.54) is 83.7 Å². The average molecular weight is 262 g/mol. The fourth-order valence-electron chi connectivity index (χ4n) is 2.03. The van der Waals surface area contributed by atoms with Gasteiger partial charge in [0.15, 0.2) is 0 Å². The first-order chi connectivity index (χ1) is 8.41. The highest BCUT2D eigenvalue weighted by atomic mass is 35.5. The van der Waals surface area contributed by atoms with Crippen LogP contribution in [-0.4, -0.2) is 19.0 Å². The number of nitrogens with one attached hydrogen (secondary N) is 1. The second-order valence-electron chi connectivity index (χ2n) is 4.97. The summed E-state index contributed by atoms with van der Waals surface area (Å²) in [6.07, 6.45) is 15.0. The third kappa shape index (κ3) is 16.2. The Morgan fingerprint density at radius 1 is 0.647 bits per heavy atom. The van der Waals surface area contributed by atoms with Crippen LogP contribution in [0.2, 0.25) is 0 Å². The van der Waals surface area contributed by atoms with Crippen LogP contribution in [0.5, 0.6) is 0 Å². The van der Waals surface area contributed by atoms with Gasteiger partial charge in [-0.25, -0.2) is 0 Å². The van der Waals surface area contributed by atoms with Crippen molar-refractivity contribution in [1.29, 1.82) is 0 Å². The molecule has 0 saturated heterocycles. The number of rotatable bonds is 14. The molecule has 0 aromatic rings. The fraction of sp³-hybridized carbons (Fsp3) is 1.00. The molecule has 0 amide bonds. The number of halogens is 1. The molecule has 0 bridgehead atoms. The van der Waals surface area contributed by atoms with Crippen molar-refractivity contribution in [2.45, 2.75) is 77.6 Å². The van der Waals surface area contributed by atoms with Gasteiger partial charge in [-0.2, -0.15) is 0 Å². The highest BCUT2D eigenvalue weighted by Gasteiger charge is 1.92. The molecule has 0 aliphatic rings. The van der Waals surface area contributed by atoms with Gasteiger partial charge in [-0.05, 0) is 32.4 Å². The van der Waals surface area contributed by atoms with E-state index in [4.69, 9.17) is 11.6 Å². The molecule has 1 nitrogen and oxygen atoms in total. The molecule has 104 valence electrons. The van der Waals surface area contributed by atoms with Crippen molar-refractivity contribution in [3.63, 3.8) is 0 Å². The van der Waals surface area contributed by atoms with E-state index >= 15 is 0 Å². The molecule has 0 rings (SSSR count). The first-order valence-electron chi connectivity index (χ1n) is 7.68. The number of hydrogen-bond acceptors (Lipinski definition) is 1. The smallest absolute Gasteiger partial charge is 0.0223 e. The maximum atomic E-state index is 5.62. The lowest BCUT2D eigenvalue weighted by molar-refractivity contribution is 0.546. The van der Waals surface area contributed by atoms with E-state index in [2.05, 4.69) is 12.2 Å². The lowest BCUT2D eigenvalue weighted by atomic mass is 10.1. The maximum Gasteiger partial charge on any atom is 0.0223 e. The van der Waals surface area contributed by atoms with E-state index in [9.17, 15) is 0 Å². The van der Waals surface area contributed by atoms with Gasteiger partial charge in [-0.1, -0.05) is 58.3 Å². The third-order valence-corrected chi connectivity index (χ3v) is 3.46.